The molecule has 2 aromatic heterocycles. The predicted molar refractivity (Wildman–Crippen MR) is 121 cm³/mol. The number of hydrogen-bond acceptors (Lipinski definition) is 4. The van der Waals surface area contributed by atoms with Crippen LogP contribution >= 0.6 is 11.6 Å². The fourth-order valence-electron chi connectivity index (χ4n) is 4.64. The smallest absolute Gasteiger partial charge is 0.105 e. The minimum Gasteiger partial charge on any atom is -0.335 e. The van der Waals surface area contributed by atoms with Crippen LogP contribution in [-0.4, -0.2) is 45.6 Å². The van der Waals surface area contributed by atoms with E-state index in [4.69, 9.17) is 16.6 Å². The normalized spacial score (nSPS) is 19.0. The number of imidazole rings is 1. The Hall–Kier alpha value is -2.47. The van der Waals surface area contributed by atoms with Crippen LogP contribution in [0.4, 0.5) is 0 Å². The van der Waals surface area contributed by atoms with Crippen molar-refractivity contribution in [3.63, 3.8) is 0 Å². The van der Waals surface area contributed by atoms with Crippen LogP contribution in [0.15, 0.2) is 48.9 Å². The number of nitrogens with zero attached hydrogens (tertiary/aromatic N) is 4. The fraction of sp³-hybridized carbons (Fsp3) is 0.333. The summed E-state index contributed by atoms with van der Waals surface area (Å²) < 4.78 is 2.20. The summed E-state index contributed by atoms with van der Waals surface area (Å²) in [6.45, 7) is 6.95. The molecule has 3 aromatic rings. The Kier molecular flexibility index (Phi) is 5.42. The van der Waals surface area contributed by atoms with Gasteiger partial charge in [-0.2, -0.15) is 0 Å². The number of rotatable bonds is 4. The quantitative estimate of drug-likeness (QED) is 0.689. The maximum Gasteiger partial charge on any atom is 0.105 e. The Labute approximate surface area is 182 Å². The van der Waals surface area contributed by atoms with Gasteiger partial charge in [0.05, 0.1) is 11.7 Å². The van der Waals surface area contributed by atoms with E-state index in [1.54, 1.807) is 0 Å². The number of pyridine rings is 1. The van der Waals surface area contributed by atoms with Gasteiger partial charge in [0.2, 0.25) is 0 Å². The van der Waals surface area contributed by atoms with Crippen molar-refractivity contribution in [1.82, 2.24) is 24.8 Å². The third kappa shape index (κ3) is 3.69. The number of allylic oxidation sites excluding steroid dienone is 1. The number of nitrogens with one attached hydrogen (secondary N) is 1. The zero-order valence-electron chi connectivity index (χ0n) is 17.2. The summed E-state index contributed by atoms with van der Waals surface area (Å²) in [4.78, 5) is 11.8. The van der Waals surface area contributed by atoms with Gasteiger partial charge < -0.3 is 9.88 Å². The Morgan fingerprint density at radius 3 is 2.80 bits per heavy atom. The molecule has 1 N–H and O–H groups in total. The van der Waals surface area contributed by atoms with E-state index in [2.05, 4.69) is 44.0 Å². The molecular weight excluding hydrogens is 394 g/mol. The van der Waals surface area contributed by atoms with Crippen LogP contribution in [0.5, 0.6) is 0 Å². The van der Waals surface area contributed by atoms with Crippen LogP contribution in [-0.2, 0) is 6.54 Å². The van der Waals surface area contributed by atoms with Crippen molar-refractivity contribution in [3.05, 3.63) is 82.2 Å². The Morgan fingerprint density at radius 2 is 2.00 bits per heavy atom. The first kappa shape index (κ1) is 19.5. The fourth-order valence-corrected chi connectivity index (χ4v) is 4.82. The molecule has 5 rings (SSSR count). The highest BCUT2D eigenvalue weighted by atomic mass is 35.5. The summed E-state index contributed by atoms with van der Waals surface area (Å²) in [7, 11) is 0. The summed E-state index contributed by atoms with van der Waals surface area (Å²) in [5.41, 5.74) is 6.17. The van der Waals surface area contributed by atoms with Crippen molar-refractivity contribution in [1.29, 1.82) is 0 Å². The standard InChI is InChI=1S/C24H26ClN5/c1-17-27-10-14-29(17)11-6-18-15-19-16-20(25)4-5-22(19)24(30-12-8-26-9-13-30)23-21(18)3-2-7-28-23/h2-5,7,10,14-16,24,26H,6,8-9,11-13H2,1H3/t24-/m0/s1. The van der Waals surface area contributed by atoms with Crippen molar-refractivity contribution in [2.24, 2.45) is 0 Å². The van der Waals surface area contributed by atoms with Crippen molar-refractivity contribution < 1.29 is 0 Å². The van der Waals surface area contributed by atoms with Crippen molar-refractivity contribution in [3.8, 4) is 0 Å². The molecule has 0 bridgehead atoms. The Morgan fingerprint density at radius 1 is 1.13 bits per heavy atom. The van der Waals surface area contributed by atoms with E-state index >= 15 is 0 Å². The number of aromatic nitrogens is 3. The highest BCUT2D eigenvalue weighted by Crippen LogP contribution is 2.40. The highest BCUT2D eigenvalue weighted by molar-refractivity contribution is 6.30. The molecule has 1 atom stereocenters. The summed E-state index contributed by atoms with van der Waals surface area (Å²) in [5, 5.41) is 4.24. The largest absolute Gasteiger partial charge is 0.335 e. The molecule has 154 valence electrons. The number of hydrogen-bond donors (Lipinski definition) is 1. The monoisotopic (exact) mass is 419 g/mol. The van der Waals surface area contributed by atoms with Gasteiger partial charge in [-0.3, -0.25) is 9.88 Å². The molecule has 1 aliphatic heterocycles. The summed E-state index contributed by atoms with van der Waals surface area (Å²) >= 11 is 6.42. The van der Waals surface area contributed by atoms with Gasteiger partial charge in [-0.1, -0.05) is 29.8 Å². The lowest BCUT2D eigenvalue weighted by Crippen LogP contribution is -2.45. The lowest BCUT2D eigenvalue weighted by molar-refractivity contribution is 0.195. The van der Waals surface area contributed by atoms with Crippen LogP contribution < -0.4 is 5.32 Å². The van der Waals surface area contributed by atoms with Crippen molar-refractivity contribution >= 4 is 23.3 Å². The first-order valence-corrected chi connectivity index (χ1v) is 11.0. The van der Waals surface area contributed by atoms with Crippen molar-refractivity contribution in [2.75, 3.05) is 26.2 Å². The second-order valence-electron chi connectivity index (χ2n) is 7.99. The molecule has 2 aliphatic rings. The molecule has 5 nitrogen and oxygen atoms in total. The maximum atomic E-state index is 6.42. The average molecular weight is 420 g/mol. The van der Waals surface area contributed by atoms with Crippen LogP contribution in [0, 0.1) is 6.92 Å². The highest BCUT2D eigenvalue weighted by Gasteiger charge is 2.31. The zero-order valence-corrected chi connectivity index (χ0v) is 17.9. The zero-order chi connectivity index (χ0) is 20.5. The summed E-state index contributed by atoms with van der Waals surface area (Å²) in [5.74, 6) is 1.04. The molecule has 1 fully saturated rings. The van der Waals surface area contributed by atoms with Gasteiger partial charge in [0.15, 0.2) is 0 Å². The Bertz CT molecular complexity index is 1080. The van der Waals surface area contributed by atoms with E-state index in [0.29, 0.717) is 0 Å². The molecule has 6 heteroatoms. The molecule has 0 spiro atoms. The van der Waals surface area contributed by atoms with E-state index < -0.39 is 0 Å². The number of halogens is 1. The maximum absolute atomic E-state index is 6.42. The van der Waals surface area contributed by atoms with Gasteiger partial charge in [0.1, 0.15) is 5.82 Å². The number of aryl methyl sites for hydroxylation is 2. The molecule has 0 amide bonds. The molecular formula is C24H26ClN5. The predicted octanol–water partition coefficient (Wildman–Crippen LogP) is 4.18. The van der Waals surface area contributed by atoms with Crippen LogP contribution in [0.1, 0.15) is 40.7 Å². The lowest BCUT2D eigenvalue weighted by Gasteiger charge is -2.35. The van der Waals surface area contributed by atoms with Gasteiger partial charge in [0.25, 0.3) is 0 Å². The average Bonchev–Trinajstić information content (AvgIpc) is 3.12. The number of piperazine rings is 1. The number of benzene rings is 1. The van der Waals surface area contributed by atoms with Gasteiger partial charge >= 0.3 is 0 Å². The van der Waals surface area contributed by atoms with Gasteiger partial charge in [-0.05, 0) is 48.2 Å². The van der Waals surface area contributed by atoms with E-state index in [0.717, 1.165) is 55.7 Å². The molecule has 0 saturated carbocycles. The summed E-state index contributed by atoms with van der Waals surface area (Å²) in [6.07, 6.45) is 9.06. The molecule has 3 heterocycles. The van der Waals surface area contributed by atoms with E-state index in [-0.39, 0.29) is 6.04 Å². The molecule has 0 unspecified atom stereocenters. The first-order valence-electron chi connectivity index (χ1n) is 10.6. The van der Waals surface area contributed by atoms with Gasteiger partial charge in [0, 0.05) is 61.9 Å². The van der Waals surface area contributed by atoms with Gasteiger partial charge in [-0.15, -0.1) is 0 Å². The van der Waals surface area contributed by atoms with Gasteiger partial charge in [-0.25, -0.2) is 4.98 Å². The minimum atomic E-state index is 0.138. The summed E-state index contributed by atoms with van der Waals surface area (Å²) in [6, 6.07) is 10.7. The van der Waals surface area contributed by atoms with Crippen LogP contribution in [0.25, 0.3) is 11.6 Å². The second kappa shape index (κ2) is 8.34. The third-order valence-electron chi connectivity index (χ3n) is 6.18. The second-order valence-corrected chi connectivity index (χ2v) is 8.42. The van der Waals surface area contributed by atoms with E-state index in [1.165, 1.54) is 22.3 Å². The molecule has 0 radical (unpaired) electrons. The van der Waals surface area contributed by atoms with Crippen LogP contribution in [0.3, 0.4) is 0 Å². The Balaban J connectivity index is 1.61. The van der Waals surface area contributed by atoms with E-state index in [1.807, 2.05) is 37.6 Å². The SMILES string of the molecule is Cc1nccn1CCC1=Cc2cc(Cl)ccc2[C@H](N2CCNCC2)c2ncccc21. The van der Waals surface area contributed by atoms with E-state index in [9.17, 15) is 0 Å². The minimum absolute atomic E-state index is 0.138. The molecule has 1 saturated heterocycles. The molecule has 1 aliphatic carbocycles. The third-order valence-corrected chi connectivity index (χ3v) is 6.41. The van der Waals surface area contributed by atoms with Crippen molar-refractivity contribution in [2.45, 2.75) is 25.9 Å². The first-order chi connectivity index (χ1) is 14.7. The van der Waals surface area contributed by atoms with Crippen LogP contribution in [0.2, 0.25) is 5.02 Å². The lowest BCUT2D eigenvalue weighted by atomic mass is 9.95. The molecule has 30 heavy (non-hydrogen) atoms. The molecule has 1 aromatic carbocycles. The topological polar surface area (TPSA) is 46.0 Å². The number of fused-ring (bicyclic) bond motifs is 2.